The maximum absolute atomic E-state index is 12.7. The fourth-order valence-electron chi connectivity index (χ4n) is 2.93. The van der Waals surface area contributed by atoms with E-state index in [1.54, 1.807) is 13.2 Å². The third kappa shape index (κ3) is 6.84. The van der Waals surface area contributed by atoms with Crippen molar-refractivity contribution in [3.8, 4) is 0 Å². The van der Waals surface area contributed by atoms with Crippen molar-refractivity contribution in [3.63, 3.8) is 0 Å². The van der Waals surface area contributed by atoms with Crippen LogP contribution in [0.5, 0.6) is 0 Å². The summed E-state index contributed by atoms with van der Waals surface area (Å²) in [5.74, 6) is -0.0625. The molecule has 1 aliphatic rings. The molecular formula is C19H29N3O3. The number of ether oxygens (including phenoxy) is 1. The predicted molar refractivity (Wildman–Crippen MR) is 98.8 cm³/mol. The van der Waals surface area contributed by atoms with E-state index in [4.69, 9.17) is 4.74 Å². The molecule has 1 heterocycles. The molecule has 1 aromatic rings. The molecule has 0 aromatic heterocycles. The van der Waals surface area contributed by atoms with E-state index in [1.165, 1.54) is 12.8 Å². The molecule has 0 saturated carbocycles. The fourth-order valence-corrected chi connectivity index (χ4v) is 2.93. The highest BCUT2D eigenvalue weighted by atomic mass is 16.5. The Morgan fingerprint density at radius 3 is 2.64 bits per heavy atom. The molecule has 138 valence electrons. The van der Waals surface area contributed by atoms with Crippen molar-refractivity contribution in [3.05, 3.63) is 29.8 Å². The maximum Gasteiger partial charge on any atom is 0.253 e. The van der Waals surface area contributed by atoms with Gasteiger partial charge in [0.15, 0.2) is 0 Å². The van der Waals surface area contributed by atoms with Crippen LogP contribution in [0.4, 0.5) is 5.69 Å². The second-order valence-corrected chi connectivity index (χ2v) is 6.36. The number of nitrogens with one attached hydrogen (secondary N) is 2. The molecule has 25 heavy (non-hydrogen) atoms. The molecule has 2 N–H and O–H groups in total. The summed E-state index contributed by atoms with van der Waals surface area (Å²) in [6, 6.07) is 7.19. The number of carbonyl (C=O) groups is 2. The summed E-state index contributed by atoms with van der Waals surface area (Å²) >= 11 is 0. The number of anilines is 1. The van der Waals surface area contributed by atoms with E-state index in [1.807, 2.05) is 23.1 Å². The quantitative estimate of drug-likeness (QED) is 0.708. The van der Waals surface area contributed by atoms with E-state index < -0.39 is 0 Å². The minimum absolute atomic E-state index is 0.0516. The highest BCUT2D eigenvalue weighted by molar-refractivity contribution is 5.97. The highest BCUT2D eigenvalue weighted by Gasteiger charge is 2.17. The van der Waals surface area contributed by atoms with Crippen LogP contribution in [-0.4, -0.2) is 56.6 Å². The van der Waals surface area contributed by atoms with E-state index in [-0.39, 0.29) is 18.4 Å². The smallest absolute Gasteiger partial charge is 0.253 e. The SMILES string of the molecule is COCCCNCC(=O)Nc1cccc(C(=O)N2CCCCCC2)c1. The Kier molecular flexibility index (Phi) is 8.42. The molecule has 1 fully saturated rings. The number of amides is 2. The van der Waals surface area contributed by atoms with Crippen LogP contribution in [0.25, 0.3) is 0 Å². The summed E-state index contributed by atoms with van der Waals surface area (Å²) in [4.78, 5) is 26.5. The van der Waals surface area contributed by atoms with Crippen LogP contribution in [0.3, 0.4) is 0 Å². The van der Waals surface area contributed by atoms with Gasteiger partial charge in [-0.05, 0) is 44.0 Å². The number of nitrogens with zero attached hydrogens (tertiary/aromatic N) is 1. The Balaban J connectivity index is 1.85. The predicted octanol–water partition coefficient (Wildman–Crippen LogP) is 2.27. The molecule has 2 amide bonds. The summed E-state index contributed by atoms with van der Waals surface area (Å²) in [5, 5.41) is 5.91. The number of carbonyl (C=O) groups excluding carboxylic acids is 2. The van der Waals surface area contributed by atoms with Crippen molar-refractivity contribution in [2.75, 3.05) is 45.2 Å². The molecule has 0 atom stereocenters. The molecule has 0 spiro atoms. The van der Waals surface area contributed by atoms with E-state index in [0.717, 1.165) is 38.9 Å². The van der Waals surface area contributed by atoms with E-state index in [0.29, 0.717) is 17.9 Å². The molecule has 2 rings (SSSR count). The van der Waals surface area contributed by atoms with Crippen LogP contribution in [0.15, 0.2) is 24.3 Å². The zero-order chi connectivity index (χ0) is 17.9. The second kappa shape index (κ2) is 10.8. The van der Waals surface area contributed by atoms with Gasteiger partial charge in [-0.25, -0.2) is 0 Å². The van der Waals surface area contributed by atoms with Crippen LogP contribution in [0.1, 0.15) is 42.5 Å². The highest BCUT2D eigenvalue weighted by Crippen LogP contribution is 2.16. The monoisotopic (exact) mass is 347 g/mol. The van der Waals surface area contributed by atoms with Gasteiger partial charge in [-0.2, -0.15) is 0 Å². The van der Waals surface area contributed by atoms with Gasteiger partial charge in [0.2, 0.25) is 5.91 Å². The van der Waals surface area contributed by atoms with Gasteiger partial charge in [0.1, 0.15) is 0 Å². The first kappa shape index (κ1) is 19.4. The van der Waals surface area contributed by atoms with Gasteiger partial charge in [-0.1, -0.05) is 18.9 Å². The number of rotatable bonds is 8. The minimum atomic E-state index is -0.114. The lowest BCUT2D eigenvalue weighted by molar-refractivity contribution is -0.115. The van der Waals surface area contributed by atoms with Gasteiger partial charge in [-0.15, -0.1) is 0 Å². The largest absolute Gasteiger partial charge is 0.385 e. The van der Waals surface area contributed by atoms with Crippen molar-refractivity contribution in [2.45, 2.75) is 32.1 Å². The summed E-state index contributed by atoms with van der Waals surface area (Å²) < 4.78 is 4.96. The lowest BCUT2D eigenvalue weighted by Gasteiger charge is -2.20. The van der Waals surface area contributed by atoms with Crippen LogP contribution in [-0.2, 0) is 9.53 Å². The van der Waals surface area contributed by atoms with E-state index in [9.17, 15) is 9.59 Å². The van der Waals surface area contributed by atoms with Gasteiger partial charge in [0.25, 0.3) is 5.91 Å². The second-order valence-electron chi connectivity index (χ2n) is 6.36. The first-order valence-electron chi connectivity index (χ1n) is 9.09. The van der Waals surface area contributed by atoms with E-state index in [2.05, 4.69) is 10.6 Å². The lowest BCUT2D eigenvalue weighted by Crippen LogP contribution is -2.32. The van der Waals surface area contributed by atoms with Gasteiger partial charge in [0.05, 0.1) is 6.54 Å². The summed E-state index contributed by atoms with van der Waals surface area (Å²) in [6.07, 6.45) is 5.38. The average Bonchev–Trinajstić information content (AvgIpc) is 2.90. The Morgan fingerprint density at radius 1 is 1.16 bits per heavy atom. The summed E-state index contributed by atoms with van der Waals surface area (Å²) in [5.41, 5.74) is 1.29. The first-order chi connectivity index (χ1) is 12.2. The molecule has 1 aliphatic heterocycles. The fraction of sp³-hybridized carbons (Fsp3) is 0.579. The molecule has 1 aromatic carbocycles. The Labute approximate surface area is 149 Å². The molecule has 0 bridgehead atoms. The molecule has 0 radical (unpaired) electrons. The molecule has 6 heteroatoms. The van der Waals surface area contributed by atoms with Crippen LogP contribution in [0, 0.1) is 0 Å². The van der Waals surface area contributed by atoms with Crippen molar-refractivity contribution in [1.82, 2.24) is 10.2 Å². The van der Waals surface area contributed by atoms with Crippen molar-refractivity contribution < 1.29 is 14.3 Å². The van der Waals surface area contributed by atoms with Gasteiger partial charge >= 0.3 is 0 Å². The van der Waals surface area contributed by atoms with Gasteiger partial charge in [-0.3, -0.25) is 9.59 Å². The standard InChI is InChI=1S/C19H29N3O3/c1-25-13-7-10-20-15-18(23)21-17-9-6-8-16(14-17)19(24)22-11-4-2-3-5-12-22/h6,8-9,14,20H,2-5,7,10-13,15H2,1H3,(H,21,23). The number of methoxy groups -OCH3 is 1. The van der Waals surface area contributed by atoms with Crippen molar-refractivity contribution in [1.29, 1.82) is 0 Å². The molecular weight excluding hydrogens is 318 g/mol. The zero-order valence-electron chi connectivity index (χ0n) is 15.1. The zero-order valence-corrected chi connectivity index (χ0v) is 15.1. The van der Waals surface area contributed by atoms with Crippen molar-refractivity contribution in [2.24, 2.45) is 0 Å². The third-order valence-electron chi connectivity index (χ3n) is 4.27. The van der Waals surface area contributed by atoms with Crippen LogP contribution in [0.2, 0.25) is 0 Å². The van der Waals surface area contributed by atoms with Gasteiger partial charge < -0.3 is 20.3 Å². The van der Waals surface area contributed by atoms with Crippen molar-refractivity contribution >= 4 is 17.5 Å². The molecule has 0 unspecified atom stereocenters. The Morgan fingerprint density at radius 2 is 1.92 bits per heavy atom. The summed E-state index contributed by atoms with van der Waals surface area (Å²) in [7, 11) is 1.66. The number of hydrogen-bond acceptors (Lipinski definition) is 4. The maximum atomic E-state index is 12.7. The summed E-state index contributed by atoms with van der Waals surface area (Å²) in [6.45, 7) is 3.29. The lowest BCUT2D eigenvalue weighted by atomic mass is 10.1. The normalized spacial score (nSPS) is 14.8. The van der Waals surface area contributed by atoms with Crippen LogP contribution < -0.4 is 10.6 Å². The Bertz CT molecular complexity index is 555. The third-order valence-corrected chi connectivity index (χ3v) is 4.27. The first-order valence-corrected chi connectivity index (χ1v) is 9.09. The topological polar surface area (TPSA) is 70.7 Å². The minimum Gasteiger partial charge on any atom is -0.385 e. The molecule has 6 nitrogen and oxygen atoms in total. The Hall–Kier alpha value is -1.92. The molecule has 0 aliphatic carbocycles. The number of hydrogen-bond donors (Lipinski definition) is 2. The van der Waals surface area contributed by atoms with Crippen LogP contribution >= 0.6 is 0 Å². The molecule has 1 saturated heterocycles. The average molecular weight is 347 g/mol. The number of likely N-dealkylation sites (tertiary alicyclic amines) is 1. The van der Waals surface area contributed by atoms with Gasteiger partial charge in [0, 0.05) is 38.1 Å². The number of benzene rings is 1. The van der Waals surface area contributed by atoms with E-state index >= 15 is 0 Å².